The molecule has 1 aromatic carbocycles. The predicted molar refractivity (Wildman–Crippen MR) is 91.4 cm³/mol. The lowest BCUT2D eigenvalue weighted by molar-refractivity contribution is -0.154. The van der Waals surface area contributed by atoms with E-state index < -0.39 is 11.4 Å². The third-order valence-electron chi connectivity index (χ3n) is 5.19. The summed E-state index contributed by atoms with van der Waals surface area (Å²) in [4.78, 5) is 26.1. The number of carboxylic acid groups (broad SMARTS) is 1. The maximum absolute atomic E-state index is 12.2. The van der Waals surface area contributed by atoms with Crippen molar-refractivity contribution in [3.8, 4) is 0 Å². The molecule has 0 bridgehead atoms. The monoisotopic (exact) mass is 330 g/mol. The Kier molecular flexibility index (Phi) is 5.19. The van der Waals surface area contributed by atoms with Gasteiger partial charge in [-0.1, -0.05) is 43.2 Å². The normalized spacial score (nSPS) is 24.5. The third kappa shape index (κ3) is 4.35. The quantitative estimate of drug-likeness (QED) is 0.805. The van der Waals surface area contributed by atoms with Gasteiger partial charge in [-0.25, -0.2) is 0 Å². The molecule has 1 heterocycles. The number of likely N-dealkylation sites (tertiary alicyclic amines) is 1. The van der Waals surface area contributed by atoms with E-state index in [9.17, 15) is 14.7 Å². The Labute approximate surface area is 143 Å². The summed E-state index contributed by atoms with van der Waals surface area (Å²) in [7, 11) is 0. The van der Waals surface area contributed by atoms with Gasteiger partial charge < -0.3 is 10.4 Å². The summed E-state index contributed by atoms with van der Waals surface area (Å²) in [5.41, 5.74) is 0.414. The molecule has 0 radical (unpaired) electrons. The first-order valence-corrected chi connectivity index (χ1v) is 8.84. The van der Waals surface area contributed by atoms with Gasteiger partial charge in [-0.15, -0.1) is 0 Å². The van der Waals surface area contributed by atoms with Crippen molar-refractivity contribution in [2.24, 2.45) is 11.3 Å². The lowest BCUT2D eigenvalue weighted by atomic mass is 9.75. The number of rotatable bonds is 7. The molecule has 130 valence electrons. The van der Waals surface area contributed by atoms with Crippen molar-refractivity contribution in [2.45, 2.75) is 38.6 Å². The fourth-order valence-corrected chi connectivity index (χ4v) is 3.72. The minimum absolute atomic E-state index is 0.0357. The van der Waals surface area contributed by atoms with Crippen molar-refractivity contribution in [1.29, 1.82) is 0 Å². The van der Waals surface area contributed by atoms with Crippen LogP contribution in [0.4, 0.5) is 0 Å². The molecule has 5 heteroatoms. The van der Waals surface area contributed by atoms with E-state index in [1.54, 1.807) is 0 Å². The van der Waals surface area contributed by atoms with Crippen LogP contribution in [0.2, 0.25) is 0 Å². The topological polar surface area (TPSA) is 69.6 Å². The number of aliphatic carboxylic acids is 1. The van der Waals surface area contributed by atoms with Crippen LogP contribution in [0, 0.1) is 11.3 Å². The van der Waals surface area contributed by atoms with E-state index in [0.29, 0.717) is 19.0 Å². The van der Waals surface area contributed by atoms with E-state index in [1.807, 2.05) is 35.2 Å². The number of carbonyl (C=O) groups is 2. The van der Waals surface area contributed by atoms with Gasteiger partial charge in [0.05, 0.1) is 12.0 Å². The Morgan fingerprint density at radius 2 is 2.00 bits per heavy atom. The van der Waals surface area contributed by atoms with Crippen molar-refractivity contribution in [2.75, 3.05) is 19.6 Å². The number of benzene rings is 1. The number of carboxylic acids is 1. The highest BCUT2D eigenvalue weighted by molar-refractivity contribution is 5.78. The molecule has 1 saturated heterocycles. The first kappa shape index (κ1) is 17.0. The van der Waals surface area contributed by atoms with Crippen molar-refractivity contribution >= 4 is 11.9 Å². The van der Waals surface area contributed by atoms with Crippen LogP contribution in [-0.4, -0.2) is 41.5 Å². The van der Waals surface area contributed by atoms with Gasteiger partial charge in [0, 0.05) is 13.1 Å². The summed E-state index contributed by atoms with van der Waals surface area (Å²) in [6.45, 7) is 2.10. The molecule has 1 atom stereocenters. The van der Waals surface area contributed by atoms with Crippen molar-refractivity contribution in [3.05, 3.63) is 35.9 Å². The van der Waals surface area contributed by atoms with E-state index in [-0.39, 0.29) is 12.5 Å². The number of amides is 1. The molecular formula is C19H26N2O3. The van der Waals surface area contributed by atoms with Crippen LogP contribution in [0.5, 0.6) is 0 Å². The largest absolute Gasteiger partial charge is 0.481 e. The molecule has 5 nitrogen and oxygen atoms in total. The smallest absolute Gasteiger partial charge is 0.310 e. The lowest BCUT2D eigenvalue weighted by Gasteiger charge is -2.39. The van der Waals surface area contributed by atoms with Crippen LogP contribution in [-0.2, 0) is 16.1 Å². The average Bonchev–Trinajstić information content (AvgIpc) is 3.38. The third-order valence-corrected chi connectivity index (χ3v) is 5.19. The Morgan fingerprint density at radius 3 is 2.67 bits per heavy atom. The molecule has 0 unspecified atom stereocenters. The second kappa shape index (κ2) is 7.34. The van der Waals surface area contributed by atoms with Gasteiger partial charge in [0.15, 0.2) is 0 Å². The molecule has 1 aliphatic carbocycles. The molecule has 1 aliphatic heterocycles. The molecular weight excluding hydrogens is 304 g/mol. The number of nitrogens with zero attached hydrogens (tertiary/aromatic N) is 1. The van der Waals surface area contributed by atoms with Crippen LogP contribution in [0.1, 0.15) is 37.7 Å². The van der Waals surface area contributed by atoms with Gasteiger partial charge in [0.25, 0.3) is 0 Å². The first-order valence-electron chi connectivity index (χ1n) is 8.84. The Morgan fingerprint density at radius 1 is 1.25 bits per heavy atom. The lowest BCUT2D eigenvalue weighted by Crippen LogP contribution is -2.50. The van der Waals surface area contributed by atoms with Gasteiger partial charge in [-0.05, 0) is 37.3 Å². The SMILES string of the molecule is O=C(CN1CCC[C@](CC2CC2)(C(=O)O)C1)NCc1ccccc1. The first-order chi connectivity index (χ1) is 11.6. The number of nitrogens with one attached hydrogen (secondary N) is 1. The number of carbonyl (C=O) groups excluding carboxylic acids is 1. The van der Waals surface area contributed by atoms with Crippen molar-refractivity contribution in [1.82, 2.24) is 10.2 Å². The fourth-order valence-electron chi connectivity index (χ4n) is 3.72. The molecule has 1 saturated carbocycles. The van der Waals surface area contributed by atoms with Crippen LogP contribution in [0.3, 0.4) is 0 Å². The predicted octanol–water partition coefficient (Wildman–Crippen LogP) is 2.27. The number of piperidine rings is 1. The molecule has 0 spiro atoms. The summed E-state index contributed by atoms with van der Waals surface area (Å²) >= 11 is 0. The molecule has 2 aliphatic rings. The maximum atomic E-state index is 12.2. The van der Waals surface area contributed by atoms with E-state index in [4.69, 9.17) is 0 Å². The van der Waals surface area contributed by atoms with Gasteiger partial charge >= 0.3 is 5.97 Å². The molecule has 24 heavy (non-hydrogen) atoms. The van der Waals surface area contributed by atoms with E-state index in [1.165, 1.54) is 0 Å². The Hall–Kier alpha value is -1.88. The summed E-state index contributed by atoms with van der Waals surface area (Å²) < 4.78 is 0. The minimum Gasteiger partial charge on any atom is -0.481 e. The second-order valence-electron chi connectivity index (χ2n) is 7.31. The number of hydrogen-bond acceptors (Lipinski definition) is 3. The molecule has 0 aromatic heterocycles. The highest BCUT2D eigenvalue weighted by Crippen LogP contribution is 2.44. The number of hydrogen-bond donors (Lipinski definition) is 2. The van der Waals surface area contributed by atoms with Gasteiger partial charge in [-0.3, -0.25) is 14.5 Å². The molecule has 1 amide bonds. The van der Waals surface area contributed by atoms with Crippen LogP contribution in [0.25, 0.3) is 0 Å². The zero-order valence-corrected chi connectivity index (χ0v) is 14.0. The summed E-state index contributed by atoms with van der Waals surface area (Å²) in [5, 5.41) is 12.7. The fraction of sp³-hybridized carbons (Fsp3) is 0.579. The van der Waals surface area contributed by atoms with Crippen LogP contribution >= 0.6 is 0 Å². The van der Waals surface area contributed by atoms with Crippen LogP contribution in [0.15, 0.2) is 30.3 Å². The zero-order valence-electron chi connectivity index (χ0n) is 14.0. The highest BCUT2D eigenvalue weighted by Gasteiger charge is 2.45. The Balaban J connectivity index is 1.52. The van der Waals surface area contributed by atoms with E-state index in [2.05, 4.69) is 5.32 Å². The highest BCUT2D eigenvalue weighted by atomic mass is 16.4. The summed E-state index contributed by atoms with van der Waals surface area (Å²) in [6, 6.07) is 9.80. The summed E-state index contributed by atoms with van der Waals surface area (Å²) in [6.07, 6.45) is 4.68. The summed E-state index contributed by atoms with van der Waals surface area (Å²) in [5.74, 6) is -0.150. The Bertz CT molecular complexity index is 586. The van der Waals surface area contributed by atoms with Crippen molar-refractivity contribution in [3.63, 3.8) is 0 Å². The van der Waals surface area contributed by atoms with Gasteiger partial charge in [-0.2, -0.15) is 0 Å². The van der Waals surface area contributed by atoms with E-state index >= 15 is 0 Å². The molecule has 3 rings (SSSR count). The standard InChI is InChI=1S/C19H26N2O3/c22-17(20-12-16-5-2-1-3-6-16)13-21-10-4-9-19(14-21,18(23)24)11-15-7-8-15/h1-3,5-6,15H,4,7-14H2,(H,20,22)(H,23,24)/t19-/m1/s1. The maximum Gasteiger partial charge on any atom is 0.310 e. The second-order valence-corrected chi connectivity index (χ2v) is 7.31. The van der Waals surface area contributed by atoms with E-state index in [0.717, 1.165) is 44.2 Å². The zero-order chi connectivity index (χ0) is 17.0. The van der Waals surface area contributed by atoms with Crippen LogP contribution < -0.4 is 5.32 Å². The van der Waals surface area contributed by atoms with Gasteiger partial charge in [0.2, 0.25) is 5.91 Å². The van der Waals surface area contributed by atoms with Crippen molar-refractivity contribution < 1.29 is 14.7 Å². The minimum atomic E-state index is -0.691. The molecule has 1 aromatic rings. The average molecular weight is 330 g/mol. The molecule has 2 fully saturated rings. The molecule has 2 N–H and O–H groups in total. The van der Waals surface area contributed by atoms with Gasteiger partial charge in [0.1, 0.15) is 0 Å².